The van der Waals surface area contributed by atoms with Gasteiger partial charge in [-0.2, -0.15) is 0 Å². The van der Waals surface area contributed by atoms with Crippen LogP contribution in [0.1, 0.15) is 37.6 Å². The molecule has 0 saturated heterocycles. The standard InChI is InChI=1S/C13H20N2O3S/c1-4-9(3)14-8-11(16)15-12-10(6-7-19-12)13(17)18-5-2/h6-7,9,14H,4-5,8H2,1-3H3,(H,15,16). The van der Waals surface area contributed by atoms with Crippen molar-refractivity contribution in [2.75, 3.05) is 18.5 Å². The minimum atomic E-state index is -0.408. The molecule has 5 nitrogen and oxygen atoms in total. The molecule has 1 aromatic rings. The van der Waals surface area contributed by atoms with Gasteiger partial charge in [-0.15, -0.1) is 11.3 Å². The van der Waals surface area contributed by atoms with Crippen LogP contribution >= 0.6 is 11.3 Å². The summed E-state index contributed by atoms with van der Waals surface area (Å²) in [7, 11) is 0. The van der Waals surface area contributed by atoms with Crippen molar-refractivity contribution in [2.24, 2.45) is 0 Å². The Hall–Kier alpha value is -1.40. The van der Waals surface area contributed by atoms with Gasteiger partial charge in [0.2, 0.25) is 5.91 Å². The van der Waals surface area contributed by atoms with E-state index in [4.69, 9.17) is 4.74 Å². The molecule has 0 fully saturated rings. The zero-order chi connectivity index (χ0) is 14.3. The van der Waals surface area contributed by atoms with E-state index in [2.05, 4.69) is 10.6 Å². The van der Waals surface area contributed by atoms with Crippen molar-refractivity contribution in [1.29, 1.82) is 0 Å². The van der Waals surface area contributed by atoms with Crippen LogP contribution in [0.3, 0.4) is 0 Å². The molecule has 1 amide bonds. The lowest BCUT2D eigenvalue weighted by Crippen LogP contribution is -2.34. The summed E-state index contributed by atoms with van der Waals surface area (Å²) < 4.78 is 4.92. The Bertz CT molecular complexity index is 431. The Labute approximate surface area is 117 Å². The Morgan fingerprint density at radius 3 is 2.79 bits per heavy atom. The molecule has 0 aromatic carbocycles. The largest absolute Gasteiger partial charge is 0.462 e. The van der Waals surface area contributed by atoms with Gasteiger partial charge in [0.1, 0.15) is 5.00 Å². The fourth-order valence-corrected chi connectivity index (χ4v) is 2.15. The molecule has 0 spiro atoms. The number of amides is 1. The molecule has 19 heavy (non-hydrogen) atoms. The van der Waals surface area contributed by atoms with Gasteiger partial charge < -0.3 is 15.4 Å². The molecule has 0 bridgehead atoms. The quantitative estimate of drug-likeness (QED) is 0.754. The van der Waals surface area contributed by atoms with E-state index in [1.807, 2.05) is 13.8 Å². The monoisotopic (exact) mass is 284 g/mol. The van der Waals surface area contributed by atoms with E-state index in [1.165, 1.54) is 11.3 Å². The average Bonchev–Trinajstić information content (AvgIpc) is 2.84. The Kier molecular flexibility index (Phi) is 6.52. The van der Waals surface area contributed by atoms with Crippen LogP contribution < -0.4 is 10.6 Å². The van der Waals surface area contributed by atoms with E-state index in [9.17, 15) is 9.59 Å². The third-order valence-electron chi connectivity index (χ3n) is 2.64. The van der Waals surface area contributed by atoms with Gasteiger partial charge in [-0.05, 0) is 31.7 Å². The molecule has 0 aliphatic rings. The van der Waals surface area contributed by atoms with Crippen LogP contribution in [0.25, 0.3) is 0 Å². The topological polar surface area (TPSA) is 67.4 Å². The molecule has 1 unspecified atom stereocenters. The van der Waals surface area contributed by atoms with Gasteiger partial charge in [0, 0.05) is 6.04 Å². The fourth-order valence-electron chi connectivity index (χ4n) is 1.36. The number of hydrogen-bond donors (Lipinski definition) is 2. The molecular formula is C13H20N2O3S. The van der Waals surface area contributed by atoms with Gasteiger partial charge in [-0.1, -0.05) is 6.92 Å². The second kappa shape index (κ2) is 7.91. The molecule has 0 aliphatic heterocycles. The zero-order valence-electron chi connectivity index (χ0n) is 11.5. The highest BCUT2D eigenvalue weighted by Gasteiger charge is 2.15. The first-order valence-electron chi connectivity index (χ1n) is 6.36. The molecule has 0 aliphatic carbocycles. The van der Waals surface area contributed by atoms with Crippen LogP contribution in [0, 0.1) is 0 Å². The lowest BCUT2D eigenvalue weighted by molar-refractivity contribution is -0.115. The van der Waals surface area contributed by atoms with Crippen molar-refractivity contribution in [3.05, 3.63) is 17.0 Å². The van der Waals surface area contributed by atoms with Gasteiger partial charge in [-0.3, -0.25) is 4.79 Å². The maximum absolute atomic E-state index is 11.7. The highest BCUT2D eigenvalue weighted by molar-refractivity contribution is 7.14. The van der Waals surface area contributed by atoms with Crippen LogP contribution in [0.2, 0.25) is 0 Å². The molecule has 0 radical (unpaired) electrons. The van der Waals surface area contributed by atoms with E-state index < -0.39 is 5.97 Å². The van der Waals surface area contributed by atoms with E-state index in [0.717, 1.165) is 6.42 Å². The zero-order valence-corrected chi connectivity index (χ0v) is 12.3. The summed E-state index contributed by atoms with van der Waals surface area (Å²) in [6.07, 6.45) is 0.959. The SMILES string of the molecule is CCOC(=O)c1ccsc1NC(=O)CNC(C)CC. The van der Waals surface area contributed by atoms with Gasteiger partial charge in [0.15, 0.2) is 0 Å². The third kappa shape index (κ3) is 5.00. The van der Waals surface area contributed by atoms with Crippen LogP contribution in [-0.2, 0) is 9.53 Å². The minimum absolute atomic E-state index is 0.159. The van der Waals surface area contributed by atoms with Crippen LogP contribution in [0.15, 0.2) is 11.4 Å². The molecule has 1 rings (SSSR count). The number of nitrogens with one attached hydrogen (secondary N) is 2. The Morgan fingerprint density at radius 2 is 2.16 bits per heavy atom. The predicted molar refractivity (Wildman–Crippen MR) is 76.7 cm³/mol. The minimum Gasteiger partial charge on any atom is -0.462 e. The second-order valence-corrected chi connectivity index (χ2v) is 5.04. The average molecular weight is 284 g/mol. The number of carbonyl (C=O) groups excluding carboxylic acids is 2. The summed E-state index contributed by atoms with van der Waals surface area (Å²) in [5.74, 6) is -0.567. The first kappa shape index (κ1) is 15.7. The highest BCUT2D eigenvalue weighted by Crippen LogP contribution is 2.23. The van der Waals surface area contributed by atoms with Crippen LogP contribution in [0.4, 0.5) is 5.00 Å². The number of ether oxygens (including phenoxy) is 1. The van der Waals surface area contributed by atoms with E-state index in [0.29, 0.717) is 23.2 Å². The third-order valence-corrected chi connectivity index (χ3v) is 3.47. The maximum atomic E-state index is 11.7. The molecule has 1 aromatic heterocycles. The van der Waals surface area contributed by atoms with Gasteiger partial charge >= 0.3 is 5.97 Å². The lowest BCUT2D eigenvalue weighted by atomic mass is 10.2. The number of carbonyl (C=O) groups is 2. The molecule has 6 heteroatoms. The van der Waals surface area contributed by atoms with Gasteiger partial charge in [0.05, 0.1) is 18.7 Å². The van der Waals surface area contributed by atoms with Gasteiger partial charge in [0.25, 0.3) is 0 Å². The Balaban J connectivity index is 2.55. The number of thiophene rings is 1. The van der Waals surface area contributed by atoms with E-state index in [-0.39, 0.29) is 12.5 Å². The lowest BCUT2D eigenvalue weighted by Gasteiger charge is -2.11. The summed E-state index contributed by atoms with van der Waals surface area (Å²) in [6.45, 7) is 6.36. The van der Waals surface area contributed by atoms with Crippen molar-refractivity contribution < 1.29 is 14.3 Å². The predicted octanol–water partition coefficient (Wildman–Crippen LogP) is 2.25. The van der Waals surface area contributed by atoms with Crippen molar-refractivity contribution >= 4 is 28.2 Å². The van der Waals surface area contributed by atoms with Crippen molar-refractivity contribution in [3.63, 3.8) is 0 Å². The number of rotatable bonds is 7. The van der Waals surface area contributed by atoms with Crippen molar-refractivity contribution in [1.82, 2.24) is 5.32 Å². The summed E-state index contributed by atoms with van der Waals surface area (Å²) in [5, 5.41) is 8.11. The summed E-state index contributed by atoms with van der Waals surface area (Å²) in [6, 6.07) is 1.94. The number of esters is 1. The molecular weight excluding hydrogens is 264 g/mol. The number of anilines is 1. The normalized spacial score (nSPS) is 11.9. The van der Waals surface area contributed by atoms with Crippen LogP contribution in [0.5, 0.6) is 0 Å². The van der Waals surface area contributed by atoms with Crippen molar-refractivity contribution in [3.8, 4) is 0 Å². The second-order valence-electron chi connectivity index (χ2n) is 4.12. The molecule has 0 saturated carbocycles. The molecule has 2 N–H and O–H groups in total. The molecule has 106 valence electrons. The first-order valence-corrected chi connectivity index (χ1v) is 7.24. The van der Waals surface area contributed by atoms with Gasteiger partial charge in [-0.25, -0.2) is 4.79 Å². The fraction of sp³-hybridized carbons (Fsp3) is 0.538. The van der Waals surface area contributed by atoms with E-state index in [1.54, 1.807) is 18.4 Å². The number of hydrogen-bond acceptors (Lipinski definition) is 5. The van der Waals surface area contributed by atoms with E-state index >= 15 is 0 Å². The van der Waals surface area contributed by atoms with Crippen molar-refractivity contribution in [2.45, 2.75) is 33.2 Å². The first-order chi connectivity index (χ1) is 9.08. The summed E-state index contributed by atoms with van der Waals surface area (Å²) >= 11 is 1.31. The van der Waals surface area contributed by atoms with Crippen LogP contribution in [-0.4, -0.2) is 31.1 Å². The smallest absolute Gasteiger partial charge is 0.341 e. The highest BCUT2D eigenvalue weighted by atomic mass is 32.1. The molecule has 1 atom stereocenters. The summed E-state index contributed by atoms with van der Waals surface area (Å²) in [4.78, 5) is 23.4. The summed E-state index contributed by atoms with van der Waals surface area (Å²) in [5.41, 5.74) is 0.406. The maximum Gasteiger partial charge on any atom is 0.341 e. The molecule has 1 heterocycles. The Morgan fingerprint density at radius 1 is 1.42 bits per heavy atom.